The summed E-state index contributed by atoms with van der Waals surface area (Å²) in [5, 5.41) is 5.22. The first kappa shape index (κ1) is 14.1. The molecule has 0 heterocycles. The second-order valence-corrected chi connectivity index (χ2v) is 4.51. The van der Waals surface area contributed by atoms with Gasteiger partial charge in [-0.15, -0.1) is 0 Å². The molecule has 0 radical (unpaired) electrons. The maximum Gasteiger partial charge on any atom is 0.243 e. The number of methoxy groups -OCH3 is 1. The van der Waals surface area contributed by atoms with E-state index in [4.69, 9.17) is 4.74 Å². The minimum Gasteiger partial charge on any atom is -0.496 e. The Labute approximate surface area is 119 Å². The van der Waals surface area contributed by atoms with E-state index in [0.29, 0.717) is 6.54 Å². The Bertz CT molecular complexity index is 632. The summed E-state index contributed by atoms with van der Waals surface area (Å²) in [5.74, 6) is 0.802. The van der Waals surface area contributed by atoms with Crippen LogP contribution in [0.5, 0.6) is 5.75 Å². The van der Waals surface area contributed by atoms with Crippen molar-refractivity contribution in [1.82, 2.24) is 5.32 Å². The molecule has 0 unspecified atom stereocenters. The van der Waals surface area contributed by atoms with Crippen LogP contribution in [0.4, 0.5) is 0 Å². The van der Waals surface area contributed by atoms with E-state index in [1.165, 1.54) is 16.8 Å². The summed E-state index contributed by atoms with van der Waals surface area (Å²) in [7, 11) is 1.67. The Morgan fingerprint density at radius 2 is 2.05 bits per heavy atom. The van der Waals surface area contributed by atoms with Crippen molar-refractivity contribution in [1.29, 1.82) is 0 Å². The largest absolute Gasteiger partial charge is 0.496 e. The molecule has 3 heteroatoms. The highest BCUT2D eigenvalue weighted by atomic mass is 16.5. The maximum absolute atomic E-state index is 11.4. The van der Waals surface area contributed by atoms with Gasteiger partial charge in [0.1, 0.15) is 5.75 Å². The minimum absolute atomic E-state index is 0.0632. The van der Waals surface area contributed by atoms with Crippen LogP contribution in [0.1, 0.15) is 12.5 Å². The van der Waals surface area contributed by atoms with Gasteiger partial charge in [-0.2, -0.15) is 0 Å². The van der Waals surface area contributed by atoms with E-state index in [2.05, 4.69) is 23.5 Å². The quantitative estimate of drug-likeness (QED) is 0.847. The van der Waals surface area contributed by atoms with E-state index in [-0.39, 0.29) is 5.91 Å². The normalized spacial score (nSPS) is 10.9. The number of ether oxygens (including phenoxy) is 1. The Kier molecular flexibility index (Phi) is 4.77. The molecule has 0 bridgehead atoms. The number of allylic oxidation sites excluding steroid dienone is 1. The Balaban J connectivity index is 2.21. The predicted molar refractivity (Wildman–Crippen MR) is 82.0 cm³/mol. The molecule has 0 aliphatic heterocycles. The monoisotopic (exact) mass is 269 g/mol. The van der Waals surface area contributed by atoms with Crippen molar-refractivity contribution in [2.75, 3.05) is 13.7 Å². The highest BCUT2D eigenvalue weighted by molar-refractivity contribution is 5.88. The summed E-state index contributed by atoms with van der Waals surface area (Å²) in [5.41, 5.74) is 1.13. The molecule has 104 valence electrons. The van der Waals surface area contributed by atoms with Gasteiger partial charge in [-0.1, -0.05) is 36.4 Å². The molecular weight excluding hydrogens is 250 g/mol. The summed E-state index contributed by atoms with van der Waals surface area (Å²) in [6.07, 6.45) is 4.00. The van der Waals surface area contributed by atoms with Crippen LogP contribution in [0.15, 0.2) is 48.6 Å². The van der Waals surface area contributed by atoms with E-state index in [1.807, 2.05) is 25.1 Å². The van der Waals surface area contributed by atoms with Gasteiger partial charge in [0.25, 0.3) is 0 Å². The SMILES string of the molecule is CC=CC(=O)NCCc1c(OC)ccc2ccccc12. The lowest BCUT2D eigenvalue weighted by molar-refractivity contribution is -0.116. The molecule has 0 saturated carbocycles. The second-order valence-electron chi connectivity index (χ2n) is 4.51. The van der Waals surface area contributed by atoms with Crippen LogP contribution in [0.25, 0.3) is 10.8 Å². The van der Waals surface area contributed by atoms with Crippen LogP contribution < -0.4 is 10.1 Å². The average molecular weight is 269 g/mol. The number of benzene rings is 2. The van der Waals surface area contributed by atoms with Crippen molar-refractivity contribution in [2.45, 2.75) is 13.3 Å². The highest BCUT2D eigenvalue weighted by Gasteiger charge is 2.08. The molecular formula is C17H19NO2. The molecule has 0 fully saturated rings. The van der Waals surface area contributed by atoms with Crippen LogP contribution in [0.3, 0.4) is 0 Å². The number of hydrogen-bond acceptors (Lipinski definition) is 2. The number of nitrogens with one attached hydrogen (secondary N) is 1. The predicted octanol–water partition coefficient (Wildman–Crippen LogP) is 3.08. The summed E-state index contributed by atoms with van der Waals surface area (Å²) in [6.45, 7) is 2.42. The van der Waals surface area contributed by atoms with Crippen molar-refractivity contribution >= 4 is 16.7 Å². The summed E-state index contributed by atoms with van der Waals surface area (Å²) >= 11 is 0. The van der Waals surface area contributed by atoms with Crippen molar-refractivity contribution in [2.24, 2.45) is 0 Å². The molecule has 2 aromatic rings. The molecule has 2 rings (SSSR count). The number of rotatable bonds is 5. The van der Waals surface area contributed by atoms with Crippen LogP contribution in [0, 0.1) is 0 Å². The van der Waals surface area contributed by atoms with Crippen LogP contribution in [0.2, 0.25) is 0 Å². The van der Waals surface area contributed by atoms with Gasteiger partial charge in [0.2, 0.25) is 5.91 Å². The molecule has 0 saturated heterocycles. The van der Waals surface area contributed by atoms with Crippen molar-refractivity contribution in [3.63, 3.8) is 0 Å². The van der Waals surface area contributed by atoms with Gasteiger partial charge in [0, 0.05) is 12.1 Å². The highest BCUT2D eigenvalue weighted by Crippen LogP contribution is 2.28. The third-order valence-electron chi connectivity index (χ3n) is 3.21. The molecule has 0 spiro atoms. The number of carbonyl (C=O) groups is 1. The zero-order valence-corrected chi connectivity index (χ0v) is 11.8. The molecule has 0 atom stereocenters. The molecule has 20 heavy (non-hydrogen) atoms. The zero-order valence-electron chi connectivity index (χ0n) is 11.8. The number of carbonyl (C=O) groups excluding carboxylic acids is 1. The smallest absolute Gasteiger partial charge is 0.243 e. The van der Waals surface area contributed by atoms with Gasteiger partial charge in [0.15, 0.2) is 0 Å². The Morgan fingerprint density at radius 1 is 1.25 bits per heavy atom. The average Bonchev–Trinajstić information content (AvgIpc) is 2.47. The zero-order chi connectivity index (χ0) is 14.4. The van der Waals surface area contributed by atoms with Gasteiger partial charge >= 0.3 is 0 Å². The Hall–Kier alpha value is -2.29. The van der Waals surface area contributed by atoms with Crippen molar-refractivity contribution in [3.8, 4) is 5.75 Å². The van der Waals surface area contributed by atoms with E-state index in [0.717, 1.165) is 17.7 Å². The van der Waals surface area contributed by atoms with Gasteiger partial charge < -0.3 is 10.1 Å². The fourth-order valence-electron chi connectivity index (χ4n) is 2.29. The Morgan fingerprint density at radius 3 is 2.80 bits per heavy atom. The lowest BCUT2D eigenvalue weighted by Gasteiger charge is -2.12. The lowest BCUT2D eigenvalue weighted by atomic mass is 10.0. The van der Waals surface area contributed by atoms with E-state index < -0.39 is 0 Å². The third-order valence-corrected chi connectivity index (χ3v) is 3.21. The molecule has 3 nitrogen and oxygen atoms in total. The van der Waals surface area contributed by atoms with Gasteiger partial charge in [-0.05, 0) is 36.3 Å². The van der Waals surface area contributed by atoms with Crippen molar-refractivity contribution < 1.29 is 9.53 Å². The fourth-order valence-corrected chi connectivity index (χ4v) is 2.29. The molecule has 0 aromatic heterocycles. The van der Waals surface area contributed by atoms with Gasteiger partial charge in [-0.3, -0.25) is 4.79 Å². The number of amides is 1. The molecule has 0 aliphatic carbocycles. The van der Waals surface area contributed by atoms with Gasteiger partial charge in [0.05, 0.1) is 7.11 Å². The summed E-state index contributed by atoms with van der Waals surface area (Å²) in [6, 6.07) is 12.2. The standard InChI is InChI=1S/C17H19NO2/c1-3-6-17(19)18-12-11-15-14-8-5-4-7-13(14)9-10-16(15)20-2/h3-10H,11-12H2,1-2H3,(H,18,19). The van der Waals surface area contributed by atoms with Gasteiger partial charge in [-0.25, -0.2) is 0 Å². The first-order valence-electron chi connectivity index (χ1n) is 6.71. The first-order valence-corrected chi connectivity index (χ1v) is 6.71. The molecule has 1 amide bonds. The fraction of sp³-hybridized carbons (Fsp3) is 0.235. The number of hydrogen-bond donors (Lipinski definition) is 1. The van der Waals surface area contributed by atoms with Crippen LogP contribution in [-0.4, -0.2) is 19.6 Å². The summed E-state index contributed by atoms with van der Waals surface area (Å²) in [4.78, 5) is 11.4. The first-order chi connectivity index (χ1) is 9.76. The molecule has 2 aromatic carbocycles. The second kappa shape index (κ2) is 6.75. The third kappa shape index (κ3) is 3.18. The molecule has 1 N–H and O–H groups in total. The topological polar surface area (TPSA) is 38.3 Å². The maximum atomic E-state index is 11.4. The number of fused-ring (bicyclic) bond motifs is 1. The van der Waals surface area contributed by atoms with Crippen molar-refractivity contribution in [3.05, 3.63) is 54.1 Å². The van der Waals surface area contributed by atoms with E-state index in [1.54, 1.807) is 13.2 Å². The van der Waals surface area contributed by atoms with Crippen LogP contribution >= 0.6 is 0 Å². The lowest BCUT2D eigenvalue weighted by Crippen LogP contribution is -2.23. The summed E-state index contributed by atoms with van der Waals surface area (Å²) < 4.78 is 5.43. The van der Waals surface area contributed by atoms with E-state index in [9.17, 15) is 4.79 Å². The van der Waals surface area contributed by atoms with E-state index >= 15 is 0 Å². The minimum atomic E-state index is -0.0632. The molecule has 0 aliphatic rings. The van der Waals surface area contributed by atoms with Crippen LogP contribution in [-0.2, 0) is 11.2 Å².